The van der Waals surface area contributed by atoms with Gasteiger partial charge in [0, 0.05) is 5.56 Å². The number of halogens is 1. The van der Waals surface area contributed by atoms with Gasteiger partial charge in [-0.2, -0.15) is 0 Å². The molecule has 0 aliphatic rings. The highest BCUT2D eigenvalue weighted by Gasteiger charge is 2.08. The van der Waals surface area contributed by atoms with E-state index in [4.69, 9.17) is 9.63 Å². The predicted molar refractivity (Wildman–Crippen MR) is 39.8 cm³/mol. The summed E-state index contributed by atoms with van der Waals surface area (Å²) in [5.41, 5.74) is 1.55. The molecule has 0 aliphatic heterocycles. The van der Waals surface area contributed by atoms with Gasteiger partial charge in [0.2, 0.25) is 0 Å². The number of hydrogen-bond donors (Lipinski definition) is 1. The van der Waals surface area contributed by atoms with Crippen LogP contribution in [0, 0.1) is 6.92 Å². The third-order valence-corrected chi connectivity index (χ3v) is 1.90. The van der Waals surface area contributed by atoms with Gasteiger partial charge >= 0.3 is 0 Å². The Kier molecular flexibility index (Phi) is 2.45. The third-order valence-electron chi connectivity index (χ3n) is 1.39. The highest BCUT2D eigenvalue weighted by molar-refractivity contribution is 9.08. The summed E-state index contributed by atoms with van der Waals surface area (Å²) in [4.78, 5) is 0. The molecule has 1 aromatic heterocycles. The van der Waals surface area contributed by atoms with Gasteiger partial charge in [-0.05, 0) is 6.92 Å². The van der Waals surface area contributed by atoms with Crippen LogP contribution < -0.4 is 0 Å². The molecule has 0 saturated carbocycles. The third kappa shape index (κ3) is 1.22. The largest absolute Gasteiger partial charge is 0.390 e. The summed E-state index contributed by atoms with van der Waals surface area (Å²) >= 11 is 3.24. The van der Waals surface area contributed by atoms with Gasteiger partial charge in [-0.3, -0.25) is 0 Å². The van der Waals surface area contributed by atoms with E-state index in [1.54, 1.807) is 0 Å². The molecule has 0 saturated heterocycles. The van der Waals surface area contributed by atoms with Gasteiger partial charge in [0.05, 0.1) is 11.9 Å². The summed E-state index contributed by atoms with van der Waals surface area (Å²) in [7, 11) is 0. The zero-order chi connectivity index (χ0) is 7.56. The Morgan fingerprint density at radius 1 is 1.70 bits per heavy atom. The maximum absolute atomic E-state index is 8.69. The first-order valence-electron chi connectivity index (χ1n) is 2.90. The lowest BCUT2D eigenvalue weighted by molar-refractivity contribution is 0.265. The number of nitrogens with zero attached hydrogens (tertiary/aromatic N) is 1. The summed E-state index contributed by atoms with van der Waals surface area (Å²) in [5.74, 6) is 0.782. The predicted octanol–water partition coefficient (Wildman–Crippen LogP) is 1.37. The lowest BCUT2D eigenvalue weighted by Crippen LogP contribution is -1.85. The second kappa shape index (κ2) is 3.16. The number of rotatable bonds is 2. The lowest BCUT2D eigenvalue weighted by Gasteiger charge is -1.88. The molecule has 0 bridgehead atoms. The van der Waals surface area contributed by atoms with E-state index in [9.17, 15) is 0 Å². The van der Waals surface area contributed by atoms with Crippen LogP contribution in [0.2, 0.25) is 0 Å². The van der Waals surface area contributed by atoms with Gasteiger partial charge in [0.25, 0.3) is 0 Å². The molecular formula is C6H8BrNO2. The second-order valence-electron chi connectivity index (χ2n) is 1.97. The van der Waals surface area contributed by atoms with Crippen LogP contribution in [0.25, 0.3) is 0 Å². The second-order valence-corrected chi connectivity index (χ2v) is 2.53. The lowest BCUT2D eigenvalue weighted by atomic mass is 10.2. The zero-order valence-corrected chi connectivity index (χ0v) is 7.18. The van der Waals surface area contributed by atoms with Crippen LogP contribution in [-0.4, -0.2) is 10.3 Å². The van der Waals surface area contributed by atoms with Gasteiger partial charge in [0.15, 0.2) is 5.76 Å². The summed E-state index contributed by atoms with van der Waals surface area (Å²) < 4.78 is 4.88. The monoisotopic (exact) mass is 205 g/mol. The van der Waals surface area contributed by atoms with Crippen molar-refractivity contribution >= 4 is 15.9 Å². The molecule has 0 spiro atoms. The van der Waals surface area contributed by atoms with E-state index in [-0.39, 0.29) is 6.61 Å². The Bertz CT molecular complexity index is 200. The van der Waals surface area contributed by atoms with E-state index in [0.29, 0.717) is 11.0 Å². The van der Waals surface area contributed by atoms with Gasteiger partial charge in [0.1, 0.15) is 5.69 Å². The molecule has 0 radical (unpaired) electrons. The van der Waals surface area contributed by atoms with E-state index in [1.807, 2.05) is 6.92 Å². The molecule has 1 rings (SSSR count). The average molecular weight is 206 g/mol. The normalized spacial score (nSPS) is 10.3. The van der Waals surface area contributed by atoms with Gasteiger partial charge in [-0.1, -0.05) is 21.1 Å². The van der Waals surface area contributed by atoms with Crippen molar-refractivity contribution in [3.05, 3.63) is 17.0 Å². The topological polar surface area (TPSA) is 46.3 Å². The van der Waals surface area contributed by atoms with Crippen LogP contribution >= 0.6 is 15.9 Å². The van der Waals surface area contributed by atoms with Crippen molar-refractivity contribution in [2.24, 2.45) is 0 Å². The molecule has 0 aliphatic carbocycles. The Morgan fingerprint density at radius 2 is 2.40 bits per heavy atom. The minimum atomic E-state index is -0.0532. The van der Waals surface area contributed by atoms with E-state index in [2.05, 4.69) is 21.1 Å². The molecule has 4 heteroatoms. The average Bonchev–Trinajstić information content (AvgIpc) is 2.30. The summed E-state index contributed by atoms with van der Waals surface area (Å²) in [5, 5.41) is 13.0. The van der Waals surface area contributed by atoms with Crippen molar-refractivity contribution in [2.75, 3.05) is 0 Å². The van der Waals surface area contributed by atoms with Gasteiger partial charge < -0.3 is 9.63 Å². The number of aromatic nitrogens is 1. The van der Waals surface area contributed by atoms with E-state index in [0.717, 1.165) is 11.3 Å². The van der Waals surface area contributed by atoms with Crippen molar-refractivity contribution in [1.82, 2.24) is 5.16 Å². The molecule has 3 nitrogen and oxygen atoms in total. The van der Waals surface area contributed by atoms with Gasteiger partial charge in [-0.25, -0.2) is 0 Å². The quantitative estimate of drug-likeness (QED) is 0.743. The number of aliphatic hydroxyl groups is 1. The highest BCUT2D eigenvalue weighted by atomic mass is 79.9. The standard InChI is InChI=1S/C6H8BrNO2/c1-4-5(3-9)8-10-6(4)2-7/h9H,2-3H2,1H3. The van der Waals surface area contributed by atoms with E-state index in [1.165, 1.54) is 0 Å². The molecule has 1 heterocycles. The van der Waals surface area contributed by atoms with E-state index >= 15 is 0 Å². The number of alkyl halides is 1. The summed E-state index contributed by atoms with van der Waals surface area (Å²) in [6, 6.07) is 0. The van der Waals surface area contributed by atoms with Crippen LogP contribution in [0.15, 0.2) is 4.52 Å². The Morgan fingerprint density at radius 3 is 2.70 bits per heavy atom. The first kappa shape index (κ1) is 7.75. The molecule has 0 unspecified atom stereocenters. The number of hydrogen-bond acceptors (Lipinski definition) is 3. The highest BCUT2D eigenvalue weighted by Crippen LogP contribution is 2.14. The fraction of sp³-hybridized carbons (Fsp3) is 0.500. The fourth-order valence-electron chi connectivity index (χ4n) is 0.680. The molecule has 0 aromatic carbocycles. The van der Waals surface area contributed by atoms with Crippen LogP contribution in [0.4, 0.5) is 0 Å². The smallest absolute Gasteiger partial charge is 0.150 e. The van der Waals surface area contributed by atoms with Crippen molar-refractivity contribution in [3.63, 3.8) is 0 Å². The minimum absolute atomic E-state index is 0.0532. The van der Waals surface area contributed by atoms with Crippen molar-refractivity contribution < 1.29 is 9.63 Å². The molecule has 0 fully saturated rings. The Hall–Kier alpha value is -0.350. The first-order valence-corrected chi connectivity index (χ1v) is 4.02. The molecule has 56 valence electrons. The van der Waals surface area contributed by atoms with E-state index < -0.39 is 0 Å². The first-order chi connectivity index (χ1) is 4.79. The van der Waals surface area contributed by atoms with Crippen LogP contribution in [0.3, 0.4) is 0 Å². The summed E-state index contributed by atoms with van der Waals surface area (Å²) in [6.07, 6.45) is 0. The number of aliphatic hydroxyl groups excluding tert-OH is 1. The van der Waals surface area contributed by atoms with Crippen LogP contribution in [0.5, 0.6) is 0 Å². The molecular weight excluding hydrogens is 198 g/mol. The Balaban J connectivity index is 2.97. The maximum Gasteiger partial charge on any atom is 0.150 e. The van der Waals surface area contributed by atoms with Crippen molar-refractivity contribution in [3.8, 4) is 0 Å². The fourth-order valence-corrected chi connectivity index (χ4v) is 1.20. The summed E-state index contributed by atoms with van der Waals surface area (Å²) in [6.45, 7) is 1.82. The minimum Gasteiger partial charge on any atom is -0.390 e. The molecule has 0 amide bonds. The van der Waals surface area contributed by atoms with Crippen molar-refractivity contribution in [1.29, 1.82) is 0 Å². The van der Waals surface area contributed by atoms with Crippen LogP contribution in [0.1, 0.15) is 17.0 Å². The molecule has 0 atom stereocenters. The van der Waals surface area contributed by atoms with Crippen LogP contribution in [-0.2, 0) is 11.9 Å². The van der Waals surface area contributed by atoms with Crippen molar-refractivity contribution in [2.45, 2.75) is 18.9 Å². The SMILES string of the molecule is Cc1c(CO)noc1CBr. The maximum atomic E-state index is 8.69. The molecule has 1 N–H and O–H groups in total. The zero-order valence-electron chi connectivity index (χ0n) is 5.59. The molecule has 1 aromatic rings. The molecule has 10 heavy (non-hydrogen) atoms. The Labute approximate surface area is 67.2 Å². The van der Waals surface area contributed by atoms with Gasteiger partial charge in [-0.15, -0.1) is 0 Å².